The maximum atomic E-state index is 11.5. The van der Waals surface area contributed by atoms with Crippen LogP contribution >= 0.6 is 0 Å². The highest BCUT2D eigenvalue weighted by Gasteiger charge is 2.35. The van der Waals surface area contributed by atoms with Gasteiger partial charge in [-0.3, -0.25) is 9.69 Å². The maximum absolute atomic E-state index is 11.5. The van der Waals surface area contributed by atoms with Crippen molar-refractivity contribution in [2.24, 2.45) is 11.8 Å². The van der Waals surface area contributed by atoms with Gasteiger partial charge in [-0.25, -0.2) is 0 Å². The molecule has 0 radical (unpaired) electrons. The van der Waals surface area contributed by atoms with Crippen LogP contribution in [0.1, 0.15) is 51.9 Å². The molecule has 98 valence electrons. The summed E-state index contributed by atoms with van der Waals surface area (Å²) in [4.78, 5) is 13.8. The van der Waals surface area contributed by atoms with E-state index >= 15 is 0 Å². The lowest BCUT2D eigenvalue weighted by atomic mass is 9.82. The Hall–Kier alpha value is -0.570. The van der Waals surface area contributed by atoms with E-state index in [2.05, 4.69) is 11.8 Å². The Morgan fingerprint density at radius 1 is 1.12 bits per heavy atom. The van der Waals surface area contributed by atoms with Gasteiger partial charge in [0.2, 0.25) is 0 Å². The fraction of sp³-hybridized carbons (Fsp3) is 0.929. The van der Waals surface area contributed by atoms with Gasteiger partial charge in [-0.15, -0.1) is 0 Å². The predicted octanol–water partition coefficient (Wildman–Crippen LogP) is 2.75. The van der Waals surface area contributed by atoms with Crippen molar-refractivity contribution in [1.29, 1.82) is 0 Å². The normalized spacial score (nSPS) is 26.9. The number of hydrogen-bond donors (Lipinski definition) is 1. The first-order valence-corrected chi connectivity index (χ1v) is 7.15. The molecule has 1 heterocycles. The number of hydrogen-bond acceptors (Lipinski definition) is 2. The van der Waals surface area contributed by atoms with Crippen LogP contribution in [0.2, 0.25) is 0 Å². The highest BCUT2D eigenvalue weighted by Crippen LogP contribution is 2.31. The lowest BCUT2D eigenvalue weighted by Gasteiger charge is -2.39. The summed E-state index contributed by atoms with van der Waals surface area (Å²) in [6.45, 7) is 4.23. The van der Waals surface area contributed by atoms with E-state index in [-0.39, 0.29) is 6.04 Å². The van der Waals surface area contributed by atoms with Crippen molar-refractivity contribution in [3.05, 3.63) is 0 Å². The van der Waals surface area contributed by atoms with Crippen LogP contribution < -0.4 is 0 Å². The number of piperidine rings is 1. The summed E-state index contributed by atoms with van der Waals surface area (Å²) in [7, 11) is 0. The third-order valence-electron chi connectivity index (χ3n) is 4.56. The molecule has 0 spiro atoms. The van der Waals surface area contributed by atoms with Crippen LogP contribution in [0.15, 0.2) is 0 Å². The molecule has 1 atom stereocenters. The molecular formula is C14H25NO2. The van der Waals surface area contributed by atoms with Crippen LogP contribution in [-0.4, -0.2) is 35.1 Å². The topological polar surface area (TPSA) is 40.5 Å². The Labute approximate surface area is 104 Å². The van der Waals surface area contributed by atoms with Crippen molar-refractivity contribution < 1.29 is 9.90 Å². The number of carbonyl (C=O) groups is 1. The molecule has 0 aromatic heterocycles. The van der Waals surface area contributed by atoms with Gasteiger partial charge >= 0.3 is 5.97 Å². The summed E-state index contributed by atoms with van der Waals surface area (Å²) >= 11 is 0. The van der Waals surface area contributed by atoms with Gasteiger partial charge < -0.3 is 5.11 Å². The number of aliphatic carboxylic acids is 1. The third kappa shape index (κ3) is 3.21. The van der Waals surface area contributed by atoms with E-state index < -0.39 is 5.97 Å². The largest absolute Gasteiger partial charge is 0.480 e. The molecule has 1 aliphatic carbocycles. The van der Waals surface area contributed by atoms with E-state index in [0.717, 1.165) is 44.7 Å². The SMILES string of the molecule is CC1CCN(C(C(=O)O)C2CCCCC2)CC1. The van der Waals surface area contributed by atoms with Gasteiger partial charge in [0.15, 0.2) is 0 Å². The second kappa shape index (κ2) is 5.85. The zero-order valence-corrected chi connectivity index (χ0v) is 10.9. The van der Waals surface area contributed by atoms with Gasteiger partial charge in [0, 0.05) is 0 Å². The van der Waals surface area contributed by atoms with Gasteiger partial charge in [0.05, 0.1) is 0 Å². The summed E-state index contributed by atoms with van der Waals surface area (Å²) in [5.41, 5.74) is 0. The molecule has 0 bridgehead atoms. The summed E-state index contributed by atoms with van der Waals surface area (Å²) < 4.78 is 0. The number of carboxylic acid groups (broad SMARTS) is 1. The average Bonchev–Trinajstić information content (AvgIpc) is 2.33. The highest BCUT2D eigenvalue weighted by molar-refractivity contribution is 5.74. The quantitative estimate of drug-likeness (QED) is 0.823. The van der Waals surface area contributed by atoms with Gasteiger partial charge in [0.1, 0.15) is 6.04 Å². The molecule has 0 amide bonds. The first-order valence-electron chi connectivity index (χ1n) is 7.15. The Morgan fingerprint density at radius 2 is 1.71 bits per heavy atom. The number of likely N-dealkylation sites (tertiary alicyclic amines) is 1. The zero-order valence-electron chi connectivity index (χ0n) is 10.9. The number of carboxylic acids is 1. The monoisotopic (exact) mass is 239 g/mol. The van der Waals surface area contributed by atoms with Gasteiger partial charge in [-0.2, -0.15) is 0 Å². The standard InChI is InChI=1S/C14H25NO2/c1-11-7-9-15(10-8-11)13(14(16)17)12-5-3-2-4-6-12/h11-13H,2-10H2,1H3,(H,16,17). The van der Waals surface area contributed by atoms with Gasteiger partial charge in [-0.05, 0) is 50.6 Å². The van der Waals surface area contributed by atoms with E-state index in [1.54, 1.807) is 0 Å². The molecule has 2 rings (SSSR count). The Balaban J connectivity index is 1.98. The second-order valence-electron chi connectivity index (χ2n) is 5.90. The van der Waals surface area contributed by atoms with Crippen molar-refractivity contribution >= 4 is 5.97 Å². The summed E-state index contributed by atoms with van der Waals surface area (Å²) in [6.07, 6.45) is 8.29. The predicted molar refractivity (Wildman–Crippen MR) is 68.0 cm³/mol. The molecule has 1 saturated heterocycles. The van der Waals surface area contributed by atoms with Crippen LogP contribution in [0, 0.1) is 11.8 Å². The van der Waals surface area contributed by atoms with Gasteiger partial charge in [-0.1, -0.05) is 26.2 Å². The molecule has 0 aromatic rings. The first-order chi connectivity index (χ1) is 8.18. The minimum absolute atomic E-state index is 0.206. The summed E-state index contributed by atoms with van der Waals surface area (Å²) in [5.74, 6) is 0.577. The first kappa shape index (κ1) is 12.9. The Morgan fingerprint density at radius 3 is 2.24 bits per heavy atom. The van der Waals surface area contributed by atoms with E-state index in [4.69, 9.17) is 0 Å². The Bertz CT molecular complexity index is 253. The van der Waals surface area contributed by atoms with Crippen LogP contribution in [0.4, 0.5) is 0 Å². The fourth-order valence-corrected chi connectivity index (χ4v) is 3.41. The molecule has 3 heteroatoms. The van der Waals surface area contributed by atoms with E-state index in [1.165, 1.54) is 19.3 Å². The smallest absolute Gasteiger partial charge is 0.321 e. The summed E-state index contributed by atoms with van der Waals surface area (Å²) in [6, 6.07) is -0.206. The number of nitrogens with zero attached hydrogens (tertiary/aromatic N) is 1. The maximum Gasteiger partial charge on any atom is 0.321 e. The van der Waals surface area contributed by atoms with Crippen LogP contribution in [0.5, 0.6) is 0 Å². The minimum atomic E-state index is -0.591. The van der Waals surface area contributed by atoms with Crippen LogP contribution in [0.25, 0.3) is 0 Å². The molecule has 1 N–H and O–H groups in total. The molecule has 0 aromatic carbocycles. The molecule has 2 fully saturated rings. The third-order valence-corrected chi connectivity index (χ3v) is 4.56. The highest BCUT2D eigenvalue weighted by atomic mass is 16.4. The molecular weight excluding hydrogens is 214 g/mol. The minimum Gasteiger partial charge on any atom is -0.480 e. The molecule has 1 saturated carbocycles. The lowest BCUT2D eigenvalue weighted by molar-refractivity contribution is -0.147. The number of rotatable bonds is 3. The zero-order chi connectivity index (χ0) is 12.3. The van der Waals surface area contributed by atoms with Crippen molar-refractivity contribution in [2.75, 3.05) is 13.1 Å². The van der Waals surface area contributed by atoms with E-state index in [9.17, 15) is 9.90 Å². The lowest BCUT2D eigenvalue weighted by Crippen LogP contribution is -2.49. The molecule has 2 aliphatic rings. The molecule has 17 heavy (non-hydrogen) atoms. The van der Waals surface area contributed by atoms with Gasteiger partial charge in [0.25, 0.3) is 0 Å². The van der Waals surface area contributed by atoms with E-state index in [0.29, 0.717) is 5.92 Å². The second-order valence-corrected chi connectivity index (χ2v) is 5.90. The van der Waals surface area contributed by atoms with E-state index in [1.807, 2.05) is 0 Å². The van der Waals surface area contributed by atoms with Crippen molar-refractivity contribution in [3.63, 3.8) is 0 Å². The Kier molecular flexibility index (Phi) is 4.43. The van der Waals surface area contributed by atoms with Crippen molar-refractivity contribution in [2.45, 2.75) is 57.9 Å². The van der Waals surface area contributed by atoms with Crippen molar-refractivity contribution in [1.82, 2.24) is 4.90 Å². The average molecular weight is 239 g/mol. The fourth-order valence-electron chi connectivity index (χ4n) is 3.41. The van der Waals surface area contributed by atoms with Crippen LogP contribution in [-0.2, 0) is 4.79 Å². The molecule has 3 nitrogen and oxygen atoms in total. The van der Waals surface area contributed by atoms with Crippen LogP contribution in [0.3, 0.4) is 0 Å². The summed E-state index contributed by atoms with van der Waals surface area (Å²) in [5, 5.41) is 9.50. The molecule has 1 unspecified atom stereocenters. The van der Waals surface area contributed by atoms with Crippen molar-refractivity contribution in [3.8, 4) is 0 Å². The molecule has 1 aliphatic heterocycles.